The third kappa shape index (κ3) is 3.52. The zero-order chi connectivity index (χ0) is 18.8. The highest BCUT2D eigenvalue weighted by molar-refractivity contribution is 6.30. The number of hydrogen-bond acceptors (Lipinski definition) is 5. The monoisotopic (exact) mass is 380 g/mol. The third-order valence-corrected chi connectivity index (χ3v) is 4.25. The summed E-state index contributed by atoms with van der Waals surface area (Å²) in [6.07, 6.45) is 6.59. The molecule has 0 amide bonds. The highest BCUT2D eigenvalue weighted by atomic mass is 35.5. The van der Waals surface area contributed by atoms with Crippen molar-refractivity contribution in [3.8, 4) is 22.7 Å². The van der Waals surface area contributed by atoms with Gasteiger partial charge in [0.2, 0.25) is 0 Å². The number of nitrogens with one attached hydrogen (secondary N) is 1. The molecular weight excluding hydrogens is 367 g/mol. The van der Waals surface area contributed by atoms with E-state index in [1.807, 2.05) is 19.1 Å². The summed E-state index contributed by atoms with van der Waals surface area (Å²) in [7, 11) is 0. The summed E-state index contributed by atoms with van der Waals surface area (Å²) in [5, 5.41) is 3.67. The predicted molar refractivity (Wildman–Crippen MR) is 102 cm³/mol. The summed E-state index contributed by atoms with van der Waals surface area (Å²) >= 11 is 6.01. The lowest BCUT2D eigenvalue weighted by Crippen LogP contribution is -2.02. The Hall–Kier alpha value is -3.25. The largest absolute Gasteiger partial charge is 0.464 e. The summed E-state index contributed by atoms with van der Waals surface area (Å²) in [5.41, 5.74) is 2.65. The molecule has 0 saturated heterocycles. The van der Waals surface area contributed by atoms with Gasteiger partial charge in [0.25, 0.3) is 0 Å². The van der Waals surface area contributed by atoms with Gasteiger partial charge in [0.05, 0.1) is 17.4 Å². The fourth-order valence-electron chi connectivity index (χ4n) is 2.63. The molecule has 0 radical (unpaired) electrons. The van der Waals surface area contributed by atoms with Gasteiger partial charge in [-0.2, -0.15) is 0 Å². The SMILES string of the molecule is Cc1cnccc1Nc1nc(-c2cc(Cl)ccc2F)ncc1-c1ccco1. The van der Waals surface area contributed by atoms with E-state index in [0.717, 1.165) is 11.3 Å². The number of benzene rings is 1. The maximum absolute atomic E-state index is 14.3. The Morgan fingerprint density at radius 3 is 2.78 bits per heavy atom. The quantitative estimate of drug-likeness (QED) is 0.496. The Morgan fingerprint density at radius 2 is 2.00 bits per heavy atom. The number of aryl methyl sites for hydroxylation is 1. The van der Waals surface area contributed by atoms with Gasteiger partial charge in [-0.25, -0.2) is 14.4 Å². The van der Waals surface area contributed by atoms with Crippen LogP contribution in [0.5, 0.6) is 0 Å². The summed E-state index contributed by atoms with van der Waals surface area (Å²) < 4.78 is 19.8. The number of halogens is 2. The van der Waals surface area contributed by atoms with Gasteiger partial charge < -0.3 is 9.73 Å². The molecule has 3 aromatic heterocycles. The summed E-state index contributed by atoms with van der Waals surface area (Å²) in [6, 6.07) is 9.70. The molecule has 0 atom stereocenters. The molecule has 0 unspecified atom stereocenters. The Balaban J connectivity index is 1.85. The van der Waals surface area contributed by atoms with E-state index >= 15 is 0 Å². The van der Waals surface area contributed by atoms with Crippen LogP contribution in [-0.2, 0) is 0 Å². The molecule has 0 fully saturated rings. The lowest BCUT2D eigenvalue weighted by molar-refractivity contribution is 0.582. The first-order chi connectivity index (χ1) is 13.1. The fourth-order valence-corrected chi connectivity index (χ4v) is 2.80. The van der Waals surface area contributed by atoms with E-state index in [-0.39, 0.29) is 11.4 Å². The molecule has 0 spiro atoms. The van der Waals surface area contributed by atoms with Crippen LogP contribution < -0.4 is 5.32 Å². The van der Waals surface area contributed by atoms with Crippen LogP contribution in [0.3, 0.4) is 0 Å². The number of pyridine rings is 1. The zero-order valence-corrected chi connectivity index (χ0v) is 15.0. The molecule has 0 bridgehead atoms. The van der Waals surface area contributed by atoms with E-state index in [0.29, 0.717) is 22.2 Å². The molecule has 4 rings (SSSR count). The Labute approximate surface area is 159 Å². The van der Waals surface area contributed by atoms with Crippen molar-refractivity contribution < 1.29 is 8.81 Å². The molecule has 0 aliphatic rings. The highest BCUT2D eigenvalue weighted by Gasteiger charge is 2.16. The van der Waals surface area contributed by atoms with Gasteiger partial charge in [0.15, 0.2) is 5.82 Å². The first-order valence-corrected chi connectivity index (χ1v) is 8.53. The van der Waals surface area contributed by atoms with E-state index in [2.05, 4.69) is 20.3 Å². The van der Waals surface area contributed by atoms with Crippen LogP contribution in [0.4, 0.5) is 15.9 Å². The minimum atomic E-state index is -0.448. The van der Waals surface area contributed by atoms with Crippen LogP contribution in [0.15, 0.2) is 65.7 Å². The molecule has 0 saturated carbocycles. The predicted octanol–water partition coefficient (Wildman–Crippen LogP) is 5.64. The van der Waals surface area contributed by atoms with Gasteiger partial charge in [-0.3, -0.25) is 4.98 Å². The van der Waals surface area contributed by atoms with E-state index in [4.69, 9.17) is 16.0 Å². The standard InChI is InChI=1S/C20H14ClFN4O/c1-12-10-23-7-6-17(12)25-20-15(18-3-2-8-27-18)11-24-19(26-20)14-9-13(21)4-5-16(14)22/h2-11H,1H3,(H,23,24,25,26). The van der Waals surface area contributed by atoms with Crippen molar-refractivity contribution in [1.29, 1.82) is 0 Å². The van der Waals surface area contributed by atoms with Crippen LogP contribution in [-0.4, -0.2) is 15.0 Å². The Bertz CT molecular complexity index is 1100. The van der Waals surface area contributed by atoms with Gasteiger partial charge >= 0.3 is 0 Å². The second-order valence-electron chi connectivity index (χ2n) is 5.87. The number of anilines is 2. The van der Waals surface area contributed by atoms with Gasteiger partial charge in [0, 0.05) is 29.3 Å². The minimum absolute atomic E-state index is 0.222. The second-order valence-corrected chi connectivity index (χ2v) is 6.31. The number of furan rings is 1. The maximum atomic E-state index is 14.3. The number of nitrogens with zero attached hydrogens (tertiary/aromatic N) is 3. The normalized spacial score (nSPS) is 10.8. The maximum Gasteiger partial charge on any atom is 0.164 e. The average Bonchev–Trinajstić information content (AvgIpc) is 3.20. The minimum Gasteiger partial charge on any atom is -0.464 e. The number of aromatic nitrogens is 3. The van der Waals surface area contributed by atoms with E-state index in [1.54, 1.807) is 30.9 Å². The van der Waals surface area contributed by atoms with Gasteiger partial charge in [-0.1, -0.05) is 11.6 Å². The zero-order valence-electron chi connectivity index (χ0n) is 14.3. The van der Waals surface area contributed by atoms with Crippen LogP contribution in [0.1, 0.15) is 5.56 Å². The van der Waals surface area contributed by atoms with Crippen molar-refractivity contribution >= 4 is 23.1 Å². The van der Waals surface area contributed by atoms with Crippen molar-refractivity contribution in [2.24, 2.45) is 0 Å². The third-order valence-electron chi connectivity index (χ3n) is 4.02. The first-order valence-electron chi connectivity index (χ1n) is 8.16. The molecule has 4 aromatic rings. The van der Waals surface area contributed by atoms with Gasteiger partial charge in [-0.15, -0.1) is 0 Å². The molecule has 27 heavy (non-hydrogen) atoms. The van der Waals surface area contributed by atoms with Crippen LogP contribution in [0.25, 0.3) is 22.7 Å². The average molecular weight is 381 g/mol. The fraction of sp³-hybridized carbons (Fsp3) is 0.0500. The molecule has 1 aromatic carbocycles. The highest BCUT2D eigenvalue weighted by Crippen LogP contribution is 2.32. The van der Waals surface area contributed by atoms with Crippen molar-refractivity contribution in [2.75, 3.05) is 5.32 Å². The lowest BCUT2D eigenvalue weighted by atomic mass is 10.1. The van der Waals surface area contributed by atoms with Gasteiger partial charge in [-0.05, 0) is 48.9 Å². The smallest absolute Gasteiger partial charge is 0.164 e. The molecule has 7 heteroatoms. The van der Waals surface area contributed by atoms with Crippen LogP contribution in [0.2, 0.25) is 5.02 Å². The van der Waals surface area contributed by atoms with E-state index < -0.39 is 5.82 Å². The van der Waals surface area contributed by atoms with Crippen molar-refractivity contribution in [3.05, 3.63) is 77.7 Å². The topological polar surface area (TPSA) is 63.8 Å². The van der Waals surface area contributed by atoms with Crippen LogP contribution >= 0.6 is 11.6 Å². The van der Waals surface area contributed by atoms with Gasteiger partial charge in [0.1, 0.15) is 17.4 Å². The van der Waals surface area contributed by atoms with E-state index in [9.17, 15) is 4.39 Å². The molecule has 3 heterocycles. The first kappa shape index (κ1) is 17.2. The molecule has 134 valence electrons. The summed E-state index contributed by atoms with van der Waals surface area (Å²) in [4.78, 5) is 12.9. The molecule has 0 aliphatic heterocycles. The van der Waals surface area contributed by atoms with Crippen LogP contribution in [0, 0.1) is 12.7 Å². The summed E-state index contributed by atoms with van der Waals surface area (Å²) in [5.74, 6) is 0.863. The summed E-state index contributed by atoms with van der Waals surface area (Å²) in [6.45, 7) is 1.93. The molecule has 1 N–H and O–H groups in total. The second kappa shape index (κ2) is 7.17. The van der Waals surface area contributed by atoms with Crippen molar-refractivity contribution in [2.45, 2.75) is 6.92 Å². The van der Waals surface area contributed by atoms with Crippen molar-refractivity contribution in [1.82, 2.24) is 15.0 Å². The lowest BCUT2D eigenvalue weighted by Gasteiger charge is -2.13. The van der Waals surface area contributed by atoms with E-state index in [1.165, 1.54) is 18.2 Å². The Morgan fingerprint density at radius 1 is 1.11 bits per heavy atom. The van der Waals surface area contributed by atoms with Crippen molar-refractivity contribution in [3.63, 3.8) is 0 Å². The molecule has 0 aliphatic carbocycles. The number of hydrogen-bond donors (Lipinski definition) is 1. The number of rotatable bonds is 4. The Kier molecular flexibility index (Phi) is 4.56. The molecular formula is C20H14ClFN4O. The molecule has 5 nitrogen and oxygen atoms in total.